The minimum absolute atomic E-state index is 0.0113. The SMILES string of the molecule is CCCNC(=O)C(C)S(=O)(=O)c1ccc(C)cc1N. The molecule has 0 heterocycles. The largest absolute Gasteiger partial charge is 0.398 e. The summed E-state index contributed by atoms with van der Waals surface area (Å²) in [6.07, 6.45) is 0.755. The molecule has 0 aliphatic heterocycles. The van der Waals surface area contributed by atoms with Gasteiger partial charge in [-0.05, 0) is 38.0 Å². The van der Waals surface area contributed by atoms with Crippen molar-refractivity contribution in [1.29, 1.82) is 0 Å². The van der Waals surface area contributed by atoms with E-state index in [1.807, 2.05) is 13.8 Å². The maximum atomic E-state index is 12.3. The van der Waals surface area contributed by atoms with Gasteiger partial charge in [-0.25, -0.2) is 8.42 Å². The Kier molecular flexibility index (Phi) is 4.94. The van der Waals surface area contributed by atoms with Gasteiger partial charge in [-0.15, -0.1) is 0 Å². The fraction of sp³-hybridized carbons (Fsp3) is 0.462. The Balaban J connectivity index is 3.06. The van der Waals surface area contributed by atoms with Gasteiger partial charge in [-0.2, -0.15) is 0 Å². The summed E-state index contributed by atoms with van der Waals surface area (Å²) >= 11 is 0. The molecule has 3 N–H and O–H groups in total. The summed E-state index contributed by atoms with van der Waals surface area (Å²) in [5, 5.41) is 1.43. The zero-order valence-corrected chi connectivity index (χ0v) is 12.3. The molecule has 1 rings (SSSR count). The van der Waals surface area contributed by atoms with E-state index < -0.39 is 21.0 Å². The van der Waals surface area contributed by atoms with E-state index >= 15 is 0 Å². The molecule has 0 saturated heterocycles. The van der Waals surface area contributed by atoms with Gasteiger partial charge in [0.05, 0.1) is 10.6 Å². The molecule has 1 atom stereocenters. The van der Waals surface area contributed by atoms with Crippen LogP contribution in [0.3, 0.4) is 0 Å². The lowest BCUT2D eigenvalue weighted by Crippen LogP contribution is -2.38. The van der Waals surface area contributed by atoms with Gasteiger partial charge in [0.25, 0.3) is 0 Å². The number of benzene rings is 1. The summed E-state index contributed by atoms with van der Waals surface area (Å²) in [6.45, 7) is 5.56. The third kappa shape index (κ3) is 3.47. The molecule has 19 heavy (non-hydrogen) atoms. The zero-order valence-electron chi connectivity index (χ0n) is 11.4. The lowest BCUT2D eigenvalue weighted by Gasteiger charge is -2.14. The first-order valence-corrected chi connectivity index (χ1v) is 7.73. The number of hydrogen-bond acceptors (Lipinski definition) is 4. The summed E-state index contributed by atoms with van der Waals surface area (Å²) in [6, 6.07) is 4.70. The maximum Gasteiger partial charge on any atom is 0.238 e. The fourth-order valence-corrected chi connectivity index (χ4v) is 3.04. The van der Waals surface area contributed by atoms with Gasteiger partial charge < -0.3 is 11.1 Å². The molecule has 0 fully saturated rings. The molecule has 6 heteroatoms. The van der Waals surface area contributed by atoms with E-state index in [0.717, 1.165) is 12.0 Å². The van der Waals surface area contributed by atoms with Crippen LogP contribution in [0.2, 0.25) is 0 Å². The van der Waals surface area contributed by atoms with Crippen LogP contribution in [-0.4, -0.2) is 26.1 Å². The van der Waals surface area contributed by atoms with Crippen molar-refractivity contribution < 1.29 is 13.2 Å². The lowest BCUT2D eigenvalue weighted by molar-refractivity contribution is -0.120. The molecule has 0 radical (unpaired) electrons. The summed E-state index contributed by atoms with van der Waals surface area (Å²) in [7, 11) is -3.75. The molecule has 0 saturated carbocycles. The number of nitrogen functional groups attached to an aromatic ring is 1. The van der Waals surface area contributed by atoms with E-state index in [4.69, 9.17) is 5.73 Å². The van der Waals surface area contributed by atoms with Gasteiger partial charge in [-0.1, -0.05) is 13.0 Å². The van der Waals surface area contributed by atoms with E-state index in [1.54, 1.807) is 12.1 Å². The highest BCUT2D eigenvalue weighted by Gasteiger charge is 2.30. The number of carbonyl (C=O) groups excluding carboxylic acids is 1. The molecule has 1 aromatic carbocycles. The van der Waals surface area contributed by atoms with E-state index in [-0.39, 0.29) is 10.6 Å². The van der Waals surface area contributed by atoms with E-state index in [0.29, 0.717) is 6.54 Å². The quantitative estimate of drug-likeness (QED) is 0.797. The minimum Gasteiger partial charge on any atom is -0.398 e. The Morgan fingerprint density at radius 1 is 1.42 bits per heavy atom. The van der Waals surface area contributed by atoms with Crippen molar-refractivity contribution in [2.75, 3.05) is 12.3 Å². The Labute approximate surface area is 114 Å². The maximum absolute atomic E-state index is 12.3. The van der Waals surface area contributed by atoms with Gasteiger partial charge in [0.15, 0.2) is 9.84 Å². The summed E-state index contributed by atoms with van der Waals surface area (Å²) in [4.78, 5) is 11.8. The number of nitrogens with one attached hydrogen (secondary N) is 1. The Bertz CT molecular complexity index is 567. The average Bonchev–Trinajstić information content (AvgIpc) is 2.34. The second-order valence-electron chi connectivity index (χ2n) is 4.52. The second kappa shape index (κ2) is 6.06. The Morgan fingerprint density at radius 2 is 2.05 bits per heavy atom. The predicted octanol–water partition coefficient (Wildman–Crippen LogP) is 1.27. The molecule has 1 unspecified atom stereocenters. The van der Waals surface area contributed by atoms with Crippen LogP contribution in [0.1, 0.15) is 25.8 Å². The molecule has 1 aromatic rings. The number of anilines is 1. The molecular formula is C13H20N2O3S. The van der Waals surface area contributed by atoms with Crippen molar-refractivity contribution >= 4 is 21.4 Å². The topological polar surface area (TPSA) is 89.3 Å². The number of aryl methyl sites for hydroxylation is 1. The van der Waals surface area contributed by atoms with Gasteiger partial charge in [0, 0.05) is 6.54 Å². The predicted molar refractivity (Wildman–Crippen MR) is 75.5 cm³/mol. The van der Waals surface area contributed by atoms with Crippen LogP contribution in [0.25, 0.3) is 0 Å². The molecular weight excluding hydrogens is 264 g/mol. The molecule has 1 amide bonds. The summed E-state index contributed by atoms with van der Waals surface area (Å²) in [5.41, 5.74) is 6.79. The number of rotatable bonds is 5. The first-order valence-electron chi connectivity index (χ1n) is 6.18. The fourth-order valence-electron chi connectivity index (χ4n) is 1.65. The molecule has 5 nitrogen and oxygen atoms in total. The minimum atomic E-state index is -3.75. The second-order valence-corrected chi connectivity index (χ2v) is 6.76. The molecule has 0 aliphatic carbocycles. The highest BCUT2D eigenvalue weighted by Crippen LogP contribution is 2.23. The van der Waals surface area contributed by atoms with Crippen LogP contribution < -0.4 is 11.1 Å². The Morgan fingerprint density at radius 3 is 2.58 bits per heavy atom. The van der Waals surface area contributed by atoms with Crippen molar-refractivity contribution in [2.24, 2.45) is 0 Å². The first kappa shape index (κ1) is 15.5. The van der Waals surface area contributed by atoms with Crippen LogP contribution in [0.4, 0.5) is 5.69 Å². The van der Waals surface area contributed by atoms with Crippen molar-refractivity contribution in [3.05, 3.63) is 23.8 Å². The number of nitrogens with two attached hydrogens (primary N) is 1. The van der Waals surface area contributed by atoms with Crippen molar-refractivity contribution in [3.63, 3.8) is 0 Å². The van der Waals surface area contributed by atoms with Gasteiger partial charge in [0.2, 0.25) is 5.91 Å². The van der Waals surface area contributed by atoms with E-state index in [1.165, 1.54) is 13.0 Å². The van der Waals surface area contributed by atoms with Crippen LogP contribution in [0, 0.1) is 6.92 Å². The van der Waals surface area contributed by atoms with Crippen LogP contribution >= 0.6 is 0 Å². The molecule has 0 aromatic heterocycles. The van der Waals surface area contributed by atoms with Crippen molar-refractivity contribution in [2.45, 2.75) is 37.3 Å². The number of sulfone groups is 1. The van der Waals surface area contributed by atoms with Crippen LogP contribution in [0.5, 0.6) is 0 Å². The summed E-state index contributed by atoms with van der Waals surface area (Å²) < 4.78 is 24.7. The van der Waals surface area contributed by atoms with Crippen LogP contribution in [-0.2, 0) is 14.6 Å². The number of amides is 1. The molecule has 0 aliphatic rings. The van der Waals surface area contributed by atoms with E-state index in [9.17, 15) is 13.2 Å². The van der Waals surface area contributed by atoms with Gasteiger partial charge >= 0.3 is 0 Å². The van der Waals surface area contributed by atoms with E-state index in [2.05, 4.69) is 5.32 Å². The smallest absolute Gasteiger partial charge is 0.238 e. The van der Waals surface area contributed by atoms with Crippen LogP contribution in [0.15, 0.2) is 23.1 Å². The zero-order chi connectivity index (χ0) is 14.6. The number of carbonyl (C=O) groups is 1. The monoisotopic (exact) mass is 284 g/mol. The third-order valence-electron chi connectivity index (χ3n) is 2.86. The van der Waals surface area contributed by atoms with Gasteiger partial charge in [0.1, 0.15) is 5.25 Å². The normalized spacial score (nSPS) is 13.0. The molecule has 0 spiro atoms. The highest BCUT2D eigenvalue weighted by atomic mass is 32.2. The third-order valence-corrected chi connectivity index (χ3v) is 4.99. The standard InChI is InChI=1S/C13H20N2O3S/c1-4-7-15-13(16)10(3)19(17,18)12-6-5-9(2)8-11(12)14/h5-6,8,10H,4,7,14H2,1-3H3,(H,15,16). The average molecular weight is 284 g/mol. The first-order chi connectivity index (χ1) is 8.80. The highest BCUT2D eigenvalue weighted by molar-refractivity contribution is 7.93. The van der Waals surface area contributed by atoms with Crippen molar-refractivity contribution in [3.8, 4) is 0 Å². The molecule has 0 bridgehead atoms. The summed E-state index contributed by atoms with van der Waals surface area (Å²) in [5.74, 6) is -0.498. The lowest BCUT2D eigenvalue weighted by atomic mass is 10.2. The molecule has 106 valence electrons. The van der Waals surface area contributed by atoms with Gasteiger partial charge in [-0.3, -0.25) is 4.79 Å². The van der Waals surface area contributed by atoms with Crippen molar-refractivity contribution in [1.82, 2.24) is 5.32 Å². The number of hydrogen-bond donors (Lipinski definition) is 2. The Hall–Kier alpha value is -1.56.